The maximum atomic E-state index is 12.8. The van der Waals surface area contributed by atoms with Crippen LogP contribution < -0.4 is 20.3 Å². The van der Waals surface area contributed by atoms with Gasteiger partial charge in [-0.25, -0.2) is 17.5 Å². The molecule has 3 N–H and O–H groups in total. The highest BCUT2D eigenvalue weighted by molar-refractivity contribution is 7.89. The van der Waals surface area contributed by atoms with Crippen LogP contribution in [0.5, 0.6) is 5.75 Å². The quantitative estimate of drug-likeness (QED) is 0.448. The zero-order chi connectivity index (χ0) is 20.6. The molecule has 10 heteroatoms. The minimum absolute atomic E-state index is 0.0289. The molecule has 0 unspecified atom stereocenters. The fraction of sp³-hybridized carbons (Fsp3) is 0.111. The number of amides is 2. The molecule has 0 saturated heterocycles. The Hall–Kier alpha value is -3.24. The molecule has 2 amide bonds. The highest BCUT2D eigenvalue weighted by atomic mass is 32.2. The van der Waals surface area contributed by atoms with Gasteiger partial charge in [-0.2, -0.15) is 0 Å². The van der Waals surface area contributed by atoms with Gasteiger partial charge in [0.25, 0.3) is 11.8 Å². The number of sulfonamides is 1. The van der Waals surface area contributed by atoms with E-state index in [0.717, 1.165) is 0 Å². The molecule has 0 fully saturated rings. The van der Waals surface area contributed by atoms with Crippen LogP contribution in [-0.4, -0.2) is 33.4 Å². The lowest BCUT2D eigenvalue weighted by molar-refractivity contribution is -0.123. The number of hydrogen-bond donors (Lipinski definition) is 3. The lowest BCUT2D eigenvalue weighted by Crippen LogP contribution is -2.43. The van der Waals surface area contributed by atoms with Gasteiger partial charge in [-0.1, -0.05) is 12.1 Å². The minimum atomic E-state index is -3.79. The van der Waals surface area contributed by atoms with Crippen LogP contribution in [0, 0.1) is 5.82 Å². The second-order valence-corrected chi connectivity index (χ2v) is 7.18. The van der Waals surface area contributed by atoms with Gasteiger partial charge in [0, 0.05) is 12.1 Å². The monoisotopic (exact) mass is 407 g/mol. The Balaban J connectivity index is 1.90. The van der Waals surface area contributed by atoms with Crippen molar-refractivity contribution in [2.75, 3.05) is 13.2 Å². The van der Waals surface area contributed by atoms with Crippen LogP contribution in [0.25, 0.3) is 0 Å². The van der Waals surface area contributed by atoms with Gasteiger partial charge in [0.15, 0.2) is 6.61 Å². The molecule has 0 saturated carbocycles. The number of rotatable bonds is 8. The molecule has 0 heterocycles. The maximum Gasteiger partial charge on any atom is 0.276 e. The van der Waals surface area contributed by atoms with Crippen LogP contribution in [0.1, 0.15) is 10.4 Å². The minimum Gasteiger partial charge on any atom is -0.484 e. The standard InChI is InChI=1S/C18H18FN3O5S/c1-2-10-20-28(25,26)16-5-3-4-13(11-16)18(24)22-21-17(23)12-27-15-8-6-14(19)7-9-15/h2-9,11,20H,1,10,12H2,(H,21,23)(H,22,24). The van der Waals surface area contributed by atoms with Gasteiger partial charge < -0.3 is 4.74 Å². The number of carbonyl (C=O) groups is 2. The average molecular weight is 407 g/mol. The molecule has 0 aliphatic carbocycles. The Labute approximate surface area is 161 Å². The fourth-order valence-corrected chi connectivity index (χ4v) is 3.01. The van der Waals surface area contributed by atoms with Crippen molar-refractivity contribution < 1.29 is 27.1 Å². The van der Waals surface area contributed by atoms with Crippen molar-refractivity contribution in [2.45, 2.75) is 4.90 Å². The summed E-state index contributed by atoms with van der Waals surface area (Å²) in [5.41, 5.74) is 4.32. The zero-order valence-electron chi connectivity index (χ0n) is 14.6. The van der Waals surface area contributed by atoms with Gasteiger partial charge in [-0.05, 0) is 42.5 Å². The van der Waals surface area contributed by atoms with Crippen molar-refractivity contribution in [2.24, 2.45) is 0 Å². The van der Waals surface area contributed by atoms with Gasteiger partial charge in [-0.3, -0.25) is 20.4 Å². The van der Waals surface area contributed by atoms with Crippen molar-refractivity contribution in [3.63, 3.8) is 0 Å². The summed E-state index contributed by atoms with van der Waals surface area (Å²) in [5, 5.41) is 0. The van der Waals surface area contributed by atoms with E-state index in [1.54, 1.807) is 0 Å². The predicted molar refractivity (Wildman–Crippen MR) is 99.3 cm³/mol. The Morgan fingerprint density at radius 2 is 1.82 bits per heavy atom. The molecule has 8 nitrogen and oxygen atoms in total. The molecule has 0 aliphatic rings. The van der Waals surface area contributed by atoms with Crippen LogP contribution in [0.2, 0.25) is 0 Å². The molecule has 0 bridgehead atoms. The van der Waals surface area contributed by atoms with Crippen molar-refractivity contribution in [3.8, 4) is 5.75 Å². The Bertz CT molecular complexity index is 961. The summed E-state index contributed by atoms with van der Waals surface area (Å²) in [5.74, 6) is -1.52. The van der Waals surface area contributed by atoms with E-state index in [4.69, 9.17) is 4.74 Å². The number of hydrazine groups is 1. The Morgan fingerprint density at radius 3 is 2.50 bits per heavy atom. The van der Waals surface area contributed by atoms with Crippen molar-refractivity contribution >= 4 is 21.8 Å². The molecular weight excluding hydrogens is 389 g/mol. The molecule has 0 spiro atoms. The van der Waals surface area contributed by atoms with E-state index in [2.05, 4.69) is 22.2 Å². The Morgan fingerprint density at radius 1 is 1.11 bits per heavy atom. The van der Waals surface area contributed by atoms with Crippen molar-refractivity contribution in [1.82, 2.24) is 15.6 Å². The van der Waals surface area contributed by atoms with Crippen LogP contribution in [0.3, 0.4) is 0 Å². The predicted octanol–water partition coefficient (Wildman–Crippen LogP) is 1.13. The van der Waals surface area contributed by atoms with E-state index in [0.29, 0.717) is 0 Å². The third-order valence-corrected chi connectivity index (χ3v) is 4.74. The first-order valence-electron chi connectivity index (χ1n) is 8.00. The van der Waals surface area contributed by atoms with E-state index in [1.165, 1.54) is 54.6 Å². The molecular formula is C18H18FN3O5S. The highest BCUT2D eigenvalue weighted by Crippen LogP contribution is 2.12. The van der Waals surface area contributed by atoms with E-state index in [9.17, 15) is 22.4 Å². The third-order valence-electron chi connectivity index (χ3n) is 3.32. The second kappa shape index (κ2) is 9.62. The molecule has 2 aromatic rings. The highest BCUT2D eigenvalue weighted by Gasteiger charge is 2.15. The van der Waals surface area contributed by atoms with Gasteiger partial charge in [-0.15, -0.1) is 6.58 Å². The van der Waals surface area contributed by atoms with E-state index < -0.39 is 34.3 Å². The van der Waals surface area contributed by atoms with Crippen molar-refractivity contribution in [1.29, 1.82) is 0 Å². The first kappa shape index (κ1) is 21.1. The molecule has 0 aromatic heterocycles. The van der Waals surface area contributed by atoms with Crippen LogP contribution in [0.15, 0.2) is 66.1 Å². The van der Waals surface area contributed by atoms with Crippen LogP contribution in [-0.2, 0) is 14.8 Å². The summed E-state index contributed by atoms with van der Waals surface area (Å²) < 4.78 is 44.4. The summed E-state index contributed by atoms with van der Waals surface area (Å²) in [6, 6.07) is 10.4. The summed E-state index contributed by atoms with van der Waals surface area (Å²) >= 11 is 0. The SMILES string of the molecule is C=CCNS(=O)(=O)c1cccc(C(=O)NNC(=O)COc2ccc(F)cc2)c1. The largest absolute Gasteiger partial charge is 0.484 e. The first-order chi connectivity index (χ1) is 13.3. The summed E-state index contributed by atoms with van der Waals surface area (Å²) in [6.45, 7) is 3.06. The lowest BCUT2D eigenvalue weighted by atomic mass is 10.2. The molecule has 148 valence electrons. The number of halogens is 1. The Kier molecular flexibility index (Phi) is 7.24. The van der Waals surface area contributed by atoms with E-state index in [1.807, 2.05) is 0 Å². The summed E-state index contributed by atoms with van der Waals surface area (Å²) in [4.78, 5) is 23.7. The molecule has 2 rings (SSSR count). The second-order valence-electron chi connectivity index (χ2n) is 5.41. The topological polar surface area (TPSA) is 114 Å². The third kappa shape index (κ3) is 6.18. The number of nitrogens with one attached hydrogen (secondary N) is 3. The van der Waals surface area contributed by atoms with Gasteiger partial charge >= 0.3 is 0 Å². The van der Waals surface area contributed by atoms with Gasteiger partial charge in [0.05, 0.1) is 4.90 Å². The lowest BCUT2D eigenvalue weighted by Gasteiger charge is -2.10. The molecule has 0 radical (unpaired) electrons. The summed E-state index contributed by atoms with van der Waals surface area (Å²) in [6.07, 6.45) is 1.39. The molecule has 0 aliphatic heterocycles. The van der Waals surface area contributed by atoms with Crippen molar-refractivity contribution in [3.05, 3.63) is 72.6 Å². The zero-order valence-corrected chi connectivity index (χ0v) is 15.5. The van der Waals surface area contributed by atoms with E-state index >= 15 is 0 Å². The number of hydrogen-bond acceptors (Lipinski definition) is 5. The number of benzene rings is 2. The normalized spacial score (nSPS) is 10.8. The summed E-state index contributed by atoms with van der Waals surface area (Å²) in [7, 11) is -3.79. The molecule has 28 heavy (non-hydrogen) atoms. The maximum absolute atomic E-state index is 12.8. The first-order valence-corrected chi connectivity index (χ1v) is 9.48. The molecule has 0 atom stereocenters. The number of ether oxygens (including phenoxy) is 1. The molecule has 2 aromatic carbocycles. The number of carbonyl (C=O) groups excluding carboxylic acids is 2. The smallest absolute Gasteiger partial charge is 0.276 e. The fourth-order valence-electron chi connectivity index (χ4n) is 1.97. The van der Waals surface area contributed by atoms with Gasteiger partial charge in [0.1, 0.15) is 11.6 Å². The van der Waals surface area contributed by atoms with Crippen LogP contribution in [0.4, 0.5) is 4.39 Å². The van der Waals surface area contributed by atoms with Gasteiger partial charge in [0.2, 0.25) is 10.0 Å². The van der Waals surface area contributed by atoms with Crippen LogP contribution >= 0.6 is 0 Å². The van der Waals surface area contributed by atoms with E-state index in [-0.39, 0.29) is 22.8 Å². The average Bonchev–Trinajstić information content (AvgIpc) is 2.70.